The van der Waals surface area contributed by atoms with Crippen molar-refractivity contribution >= 4 is 18.0 Å². The minimum absolute atomic E-state index is 0.0452. The summed E-state index contributed by atoms with van der Waals surface area (Å²) in [5.41, 5.74) is 0. The lowest BCUT2D eigenvalue weighted by molar-refractivity contribution is -0.140. The lowest BCUT2D eigenvalue weighted by Gasteiger charge is -2.22. The molecule has 0 radical (unpaired) electrons. The van der Waals surface area contributed by atoms with E-state index in [1.807, 2.05) is 0 Å². The molecule has 7 heteroatoms. The molecule has 120 valence electrons. The highest BCUT2D eigenvalue weighted by molar-refractivity contribution is 5.83. The first kappa shape index (κ1) is 17.3. The maximum Gasteiger partial charge on any atom is 0.326 e. The number of nitrogens with one attached hydrogen (secondary N) is 2. The first-order chi connectivity index (χ1) is 9.85. The molecule has 1 aliphatic rings. The quantitative estimate of drug-likeness (QED) is 0.567. The summed E-state index contributed by atoms with van der Waals surface area (Å²) >= 11 is 0. The van der Waals surface area contributed by atoms with Crippen molar-refractivity contribution in [1.82, 2.24) is 10.6 Å². The molecule has 0 aromatic carbocycles. The minimum Gasteiger partial charge on any atom is -0.481 e. The molecule has 0 aliphatic heterocycles. The maximum atomic E-state index is 11.9. The van der Waals surface area contributed by atoms with E-state index < -0.39 is 24.0 Å². The summed E-state index contributed by atoms with van der Waals surface area (Å²) in [7, 11) is 0. The van der Waals surface area contributed by atoms with Crippen LogP contribution in [0.5, 0.6) is 0 Å². The van der Waals surface area contributed by atoms with E-state index in [1.165, 1.54) is 0 Å². The predicted octanol–water partition coefficient (Wildman–Crippen LogP) is 1.43. The highest BCUT2D eigenvalue weighted by Gasteiger charge is 2.33. The molecule has 0 saturated heterocycles. The molecule has 4 unspecified atom stereocenters. The summed E-state index contributed by atoms with van der Waals surface area (Å²) < 4.78 is 0. The van der Waals surface area contributed by atoms with Gasteiger partial charge in [0.1, 0.15) is 6.04 Å². The van der Waals surface area contributed by atoms with Gasteiger partial charge in [-0.2, -0.15) is 0 Å². The highest BCUT2D eigenvalue weighted by Crippen LogP contribution is 2.33. The molecule has 1 rings (SSSR count). The van der Waals surface area contributed by atoms with Crippen molar-refractivity contribution in [3.05, 3.63) is 0 Å². The number of rotatable bonds is 7. The van der Waals surface area contributed by atoms with Crippen molar-refractivity contribution in [2.45, 2.75) is 58.0 Å². The maximum absolute atomic E-state index is 11.9. The van der Waals surface area contributed by atoms with Gasteiger partial charge in [-0.1, -0.05) is 20.3 Å². The zero-order valence-electron chi connectivity index (χ0n) is 12.5. The average Bonchev–Trinajstić information content (AvgIpc) is 2.75. The first-order valence-corrected chi connectivity index (χ1v) is 7.36. The molecule has 0 aromatic rings. The third-order valence-electron chi connectivity index (χ3n) is 4.32. The molecule has 1 saturated carbocycles. The van der Waals surface area contributed by atoms with Crippen LogP contribution in [0.4, 0.5) is 4.79 Å². The van der Waals surface area contributed by atoms with Crippen LogP contribution in [0.15, 0.2) is 0 Å². The fraction of sp³-hybridized carbons (Fsp3) is 0.786. The van der Waals surface area contributed by atoms with Crippen LogP contribution >= 0.6 is 0 Å². The lowest BCUT2D eigenvalue weighted by Crippen LogP contribution is -2.50. The molecule has 4 N–H and O–H groups in total. The van der Waals surface area contributed by atoms with Crippen LogP contribution in [0.25, 0.3) is 0 Å². The van der Waals surface area contributed by atoms with Gasteiger partial charge in [0.15, 0.2) is 0 Å². The third-order valence-corrected chi connectivity index (χ3v) is 4.32. The highest BCUT2D eigenvalue weighted by atomic mass is 16.4. The summed E-state index contributed by atoms with van der Waals surface area (Å²) in [5.74, 6) is -1.36. The molecular weight excluding hydrogens is 276 g/mol. The number of carboxylic acids is 2. The van der Waals surface area contributed by atoms with Crippen molar-refractivity contribution in [3.63, 3.8) is 0 Å². The van der Waals surface area contributed by atoms with Crippen molar-refractivity contribution in [1.29, 1.82) is 0 Å². The Hall–Kier alpha value is -1.79. The Balaban J connectivity index is 2.47. The van der Waals surface area contributed by atoms with Gasteiger partial charge < -0.3 is 20.8 Å². The van der Waals surface area contributed by atoms with E-state index in [2.05, 4.69) is 24.5 Å². The zero-order valence-corrected chi connectivity index (χ0v) is 12.5. The van der Waals surface area contributed by atoms with Crippen LogP contribution in [-0.4, -0.2) is 40.3 Å². The smallest absolute Gasteiger partial charge is 0.326 e. The Bertz CT molecular complexity index is 399. The van der Waals surface area contributed by atoms with E-state index in [0.29, 0.717) is 11.8 Å². The molecule has 0 heterocycles. The van der Waals surface area contributed by atoms with Crippen LogP contribution in [0.3, 0.4) is 0 Å². The topological polar surface area (TPSA) is 116 Å². The van der Waals surface area contributed by atoms with Gasteiger partial charge in [0.25, 0.3) is 0 Å². The van der Waals surface area contributed by atoms with Crippen LogP contribution in [0.2, 0.25) is 0 Å². The second kappa shape index (κ2) is 7.85. The number of hydrogen-bond acceptors (Lipinski definition) is 3. The van der Waals surface area contributed by atoms with Crippen LogP contribution in [-0.2, 0) is 9.59 Å². The molecular formula is C14H24N2O5. The monoisotopic (exact) mass is 300 g/mol. The first-order valence-electron chi connectivity index (χ1n) is 7.36. The normalized spacial score (nSPS) is 26.1. The third kappa shape index (κ3) is 5.24. The van der Waals surface area contributed by atoms with Gasteiger partial charge in [-0.05, 0) is 31.1 Å². The number of carbonyl (C=O) groups excluding carboxylic acids is 1. The molecule has 21 heavy (non-hydrogen) atoms. The van der Waals surface area contributed by atoms with Gasteiger partial charge in [0.05, 0.1) is 0 Å². The number of carboxylic acid groups (broad SMARTS) is 2. The van der Waals surface area contributed by atoms with E-state index in [4.69, 9.17) is 10.2 Å². The lowest BCUT2D eigenvalue weighted by atomic mass is 9.93. The number of amides is 2. The summed E-state index contributed by atoms with van der Waals surface area (Å²) in [6.07, 6.45) is 2.59. The van der Waals surface area contributed by atoms with Crippen molar-refractivity contribution < 1.29 is 24.6 Å². The van der Waals surface area contributed by atoms with Crippen LogP contribution in [0.1, 0.15) is 46.0 Å². The van der Waals surface area contributed by atoms with Gasteiger partial charge in [-0.15, -0.1) is 0 Å². The molecule has 2 amide bonds. The van der Waals surface area contributed by atoms with E-state index in [1.54, 1.807) is 0 Å². The number of hydrogen-bond donors (Lipinski definition) is 4. The Morgan fingerprint density at radius 2 is 1.90 bits per heavy atom. The largest absolute Gasteiger partial charge is 0.481 e. The molecule has 1 aliphatic carbocycles. The fourth-order valence-electron chi connectivity index (χ4n) is 2.92. The van der Waals surface area contributed by atoms with E-state index in [9.17, 15) is 14.4 Å². The molecule has 0 spiro atoms. The van der Waals surface area contributed by atoms with Gasteiger partial charge in [-0.25, -0.2) is 9.59 Å². The molecule has 0 bridgehead atoms. The summed E-state index contributed by atoms with van der Waals surface area (Å²) in [4.78, 5) is 33.4. The fourth-order valence-corrected chi connectivity index (χ4v) is 2.92. The standard InChI is InChI=1S/C14H24N2O5/c1-3-9-4-5-10(8(9)2)15-14(21)16-11(13(19)20)6-7-12(17)18/h8-11H,3-7H2,1-2H3,(H,17,18)(H,19,20)(H2,15,16,21). The number of urea groups is 1. The van der Waals surface area contributed by atoms with Gasteiger partial charge in [0, 0.05) is 12.5 Å². The van der Waals surface area contributed by atoms with Crippen LogP contribution in [0, 0.1) is 11.8 Å². The van der Waals surface area contributed by atoms with Crippen molar-refractivity contribution in [2.75, 3.05) is 0 Å². The summed E-state index contributed by atoms with van der Waals surface area (Å²) in [6, 6.07) is -1.68. The second-order valence-electron chi connectivity index (χ2n) is 5.65. The zero-order chi connectivity index (χ0) is 16.0. The minimum atomic E-state index is -1.22. The van der Waals surface area contributed by atoms with Crippen LogP contribution < -0.4 is 10.6 Å². The van der Waals surface area contributed by atoms with Gasteiger partial charge in [0.2, 0.25) is 0 Å². The Labute approximate surface area is 124 Å². The van der Waals surface area contributed by atoms with E-state index in [0.717, 1.165) is 19.3 Å². The Morgan fingerprint density at radius 1 is 1.24 bits per heavy atom. The van der Waals surface area contributed by atoms with Crippen molar-refractivity contribution in [3.8, 4) is 0 Å². The van der Waals surface area contributed by atoms with Crippen molar-refractivity contribution in [2.24, 2.45) is 11.8 Å². The molecule has 4 atom stereocenters. The summed E-state index contributed by atoms with van der Waals surface area (Å²) in [6.45, 7) is 4.21. The number of aliphatic carboxylic acids is 2. The molecule has 1 fully saturated rings. The van der Waals surface area contributed by atoms with E-state index in [-0.39, 0.29) is 18.9 Å². The molecule has 0 aromatic heterocycles. The van der Waals surface area contributed by atoms with E-state index >= 15 is 0 Å². The average molecular weight is 300 g/mol. The van der Waals surface area contributed by atoms with Gasteiger partial charge in [-0.3, -0.25) is 4.79 Å². The van der Waals surface area contributed by atoms with Gasteiger partial charge >= 0.3 is 18.0 Å². The molecule has 7 nitrogen and oxygen atoms in total. The second-order valence-corrected chi connectivity index (χ2v) is 5.65. The predicted molar refractivity (Wildman–Crippen MR) is 75.9 cm³/mol. The summed E-state index contributed by atoms with van der Waals surface area (Å²) in [5, 5.41) is 22.7. The Morgan fingerprint density at radius 3 is 2.38 bits per heavy atom. The Kier molecular flexibility index (Phi) is 6.45. The number of carbonyl (C=O) groups is 3. The SMILES string of the molecule is CCC1CCC(NC(=O)NC(CCC(=O)O)C(=O)O)C1C.